The van der Waals surface area contributed by atoms with E-state index in [-0.39, 0.29) is 6.15 Å². The molecule has 18 valence electrons. The Morgan fingerprint density at radius 3 is 1.75 bits per heavy atom. The maximum Gasteiger partial charge on any atom is 0.103 e. The summed E-state index contributed by atoms with van der Waals surface area (Å²) in [6, 6.07) is 0. The molecule has 4 heavy (non-hydrogen) atoms. The Hall–Kier alpha value is -0.731. The third kappa shape index (κ3) is 0.172. The summed E-state index contributed by atoms with van der Waals surface area (Å²) >= 11 is 0. The smallest absolute Gasteiger partial charge is 0.103 e. The van der Waals surface area contributed by atoms with Crippen LogP contribution in [0.25, 0.3) is 0 Å². The molecule has 0 rings (SSSR count). The molecule has 0 aliphatic rings. The van der Waals surface area contributed by atoms with Crippen molar-refractivity contribution in [2.75, 3.05) is 0 Å². The second-order valence-corrected chi connectivity index (χ2v) is 0.129. The summed E-state index contributed by atoms with van der Waals surface area (Å²) in [7, 11) is 0. The van der Waals surface area contributed by atoms with Crippen molar-refractivity contribution in [2.45, 2.75) is 0 Å². The normalized spacial score (nSPS) is 1.75. The minimum Gasteiger partial charge on any atom is -0.462 e. The van der Waals surface area contributed by atoms with Gasteiger partial charge in [0.2, 0.25) is 0 Å². The molecular weight excluding hydrogens is 44.0 g/mol. The molecular formula is C2H2HeO. The molecule has 0 fully saturated rings. The molecule has 0 saturated heterocycles. The van der Waals surface area contributed by atoms with Gasteiger partial charge in [0.15, 0.2) is 0 Å². The predicted octanol–water partition coefficient (Wildman–Crippen LogP) is -0.0504. The van der Waals surface area contributed by atoms with Crippen molar-refractivity contribution in [1.82, 2.24) is 0 Å². The fourth-order valence-corrected chi connectivity index (χ4v) is 0. The van der Waals surface area contributed by atoms with Crippen molar-refractivity contribution < 1.29 is 11.3 Å². The number of rotatable bonds is 0. The van der Waals surface area contributed by atoms with Gasteiger partial charge in [-0.05, 0) is 0 Å². The third-order valence-electron chi connectivity index (χ3n) is 0. The van der Waals surface area contributed by atoms with E-state index in [1.807, 2.05) is 0 Å². The van der Waals surface area contributed by atoms with Crippen LogP contribution in [-0.4, -0.2) is 5.11 Å². The molecule has 0 aromatic heterocycles. The molecule has 0 aliphatic carbocycles. The van der Waals surface area contributed by atoms with Crippen LogP contribution in [0.4, 0.5) is 0 Å². The van der Waals surface area contributed by atoms with E-state index in [0.717, 1.165) is 0 Å². The van der Waals surface area contributed by atoms with Gasteiger partial charge in [-0.3, -0.25) is 0 Å². The fraction of sp³-hybridized carbons (Fsp3) is 0. The van der Waals surface area contributed by atoms with E-state index in [1.165, 1.54) is 6.11 Å². The van der Waals surface area contributed by atoms with E-state index in [9.17, 15) is 0 Å². The fourth-order valence-electron chi connectivity index (χ4n) is 0. The van der Waals surface area contributed by atoms with E-state index in [1.54, 1.807) is 0 Å². The van der Waals surface area contributed by atoms with Crippen molar-refractivity contribution in [2.24, 2.45) is 0 Å². The zero-order chi connectivity index (χ0) is 2.71. The minimum absolute atomic E-state index is 0. The van der Waals surface area contributed by atoms with Crippen LogP contribution >= 0.6 is 0 Å². The van der Waals surface area contributed by atoms with E-state index in [0.29, 0.717) is 0 Å². The summed E-state index contributed by atoms with van der Waals surface area (Å²) in [6.45, 7) is 0. The van der Waals surface area contributed by atoms with Gasteiger partial charge in [0, 0.05) is 6.15 Å². The summed E-state index contributed by atoms with van der Waals surface area (Å²) in [5, 5.41) is 7.10. The molecule has 0 atom stereocenters. The van der Waals surface area contributed by atoms with Crippen LogP contribution in [0.1, 0.15) is 0 Å². The SMILES string of the molecule is C#CO.[He]. The second kappa shape index (κ2) is 50.5. The topological polar surface area (TPSA) is 20.2 Å². The number of aliphatic hydroxyl groups is 1. The summed E-state index contributed by atoms with van der Waals surface area (Å²) in [4.78, 5) is 0. The molecule has 0 aromatic rings. The molecule has 0 unspecified atom stereocenters. The molecule has 2 heteroatoms. The average Bonchev–Trinajstić information content (AvgIpc) is 0.918. The molecule has 0 spiro atoms. The van der Waals surface area contributed by atoms with E-state index in [2.05, 4.69) is 6.42 Å². The second-order valence-electron chi connectivity index (χ2n) is 0.129. The molecule has 0 radical (unpaired) electrons. The molecule has 0 bridgehead atoms. The third-order valence-corrected chi connectivity index (χ3v) is 0. The summed E-state index contributed by atoms with van der Waals surface area (Å²) in [6.07, 6.45) is 5.40. The summed E-state index contributed by atoms with van der Waals surface area (Å²) in [5.74, 6) is 0. The van der Waals surface area contributed by atoms with Gasteiger partial charge in [0.05, 0.1) is 0 Å². The first-order chi connectivity index (χ1) is 1.41. The van der Waals surface area contributed by atoms with Gasteiger partial charge in [-0.1, -0.05) is 6.42 Å². The summed E-state index contributed by atoms with van der Waals surface area (Å²) < 4.78 is 0. The van der Waals surface area contributed by atoms with E-state index in [4.69, 9.17) is 5.11 Å². The zero-order valence-electron chi connectivity index (χ0n) is 2.23. The monoisotopic (exact) mass is 46.0 g/mol. The maximum absolute atomic E-state index is 7.10. The minimum atomic E-state index is 0. The summed E-state index contributed by atoms with van der Waals surface area (Å²) in [5.41, 5.74) is 0. The predicted molar refractivity (Wildman–Crippen MR) is 10.8 cm³/mol. The number of hydrogen-bond donors (Lipinski definition) is 1. The average molecular weight is 46.0 g/mol. The molecule has 0 aromatic carbocycles. The standard InChI is InChI=1S/C2H2O.He/c1-2-3;/h1,3H;. The van der Waals surface area contributed by atoms with Crippen LogP contribution < -0.4 is 0 Å². The van der Waals surface area contributed by atoms with Crippen molar-refractivity contribution in [1.29, 1.82) is 0 Å². The quantitative estimate of drug-likeness (QED) is 0.379. The number of terminal acetylenes is 1. The Labute approximate surface area is 25.0 Å². The molecule has 0 heterocycles. The van der Waals surface area contributed by atoms with Crippen molar-refractivity contribution in [3.8, 4) is 12.5 Å². The first kappa shape index (κ1) is 10.5. The first-order valence-electron chi connectivity index (χ1n) is 0.512. The van der Waals surface area contributed by atoms with Crippen LogP contribution in [-0.2, 0) is 0 Å². The Bertz CT molecular complexity index is 27.5. The Morgan fingerprint density at radius 2 is 1.75 bits per heavy atom. The number of aliphatic hydroxyl groups excluding tert-OH is 1. The van der Waals surface area contributed by atoms with Crippen LogP contribution in [0.15, 0.2) is 0 Å². The first-order valence-corrected chi connectivity index (χ1v) is 0.512. The molecule has 1 nitrogen and oxygen atoms in total. The molecule has 0 amide bonds. The van der Waals surface area contributed by atoms with Gasteiger partial charge in [-0.25, -0.2) is 0 Å². The Balaban J connectivity index is 0. The van der Waals surface area contributed by atoms with Crippen LogP contribution in [0, 0.1) is 18.7 Å². The van der Waals surface area contributed by atoms with Crippen LogP contribution in [0.5, 0.6) is 0 Å². The van der Waals surface area contributed by atoms with Gasteiger partial charge in [-0.15, -0.1) is 0 Å². The van der Waals surface area contributed by atoms with Gasteiger partial charge >= 0.3 is 0 Å². The van der Waals surface area contributed by atoms with Gasteiger partial charge in [0.1, 0.15) is 6.11 Å². The van der Waals surface area contributed by atoms with E-state index >= 15 is 0 Å². The maximum atomic E-state index is 7.10. The van der Waals surface area contributed by atoms with Crippen molar-refractivity contribution in [3.05, 3.63) is 0 Å². The van der Waals surface area contributed by atoms with Gasteiger partial charge < -0.3 is 5.11 Å². The molecule has 0 aliphatic heterocycles. The Kier molecular flexibility index (Phi) is 132. The molecule has 0 saturated carbocycles. The van der Waals surface area contributed by atoms with E-state index < -0.39 is 0 Å². The van der Waals surface area contributed by atoms with Crippen molar-refractivity contribution in [3.63, 3.8) is 0 Å². The van der Waals surface area contributed by atoms with Crippen LogP contribution in [0.3, 0.4) is 0 Å². The number of hydrogen-bond acceptors (Lipinski definition) is 1. The van der Waals surface area contributed by atoms with Crippen LogP contribution in [0.2, 0.25) is 0 Å². The zero-order valence-corrected chi connectivity index (χ0v) is 2.23. The van der Waals surface area contributed by atoms with Gasteiger partial charge in [0.25, 0.3) is 0 Å². The molecule has 1 N–H and O–H groups in total. The largest absolute Gasteiger partial charge is 0.462 e. The van der Waals surface area contributed by atoms with Gasteiger partial charge in [-0.2, -0.15) is 0 Å². The van der Waals surface area contributed by atoms with Crippen molar-refractivity contribution >= 4 is 0 Å². The Morgan fingerprint density at radius 1 is 1.75 bits per heavy atom.